The zero-order valence-corrected chi connectivity index (χ0v) is 8.91. The molecule has 4 unspecified atom stereocenters. The molecule has 0 heterocycles. The summed E-state index contributed by atoms with van der Waals surface area (Å²) in [6, 6.07) is 0.357. The van der Waals surface area contributed by atoms with Gasteiger partial charge in [-0.3, -0.25) is 0 Å². The molecule has 0 amide bonds. The predicted octanol–water partition coefficient (Wildman–Crippen LogP) is 2.55. The highest BCUT2D eigenvalue weighted by atomic mass is 14.6. The van der Waals surface area contributed by atoms with Gasteiger partial charge in [0.1, 0.15) is 0 Å². The molecule has 14 heavy (non-hydrogen) atoms. The van der Waals surface area contributed by atoms with Gasteiger partial charge in [0.2, 0.25) is 0 Å². The molecule has 0 saturated heterocycles. The number of fused-ring (bicyclic) bond motifs is 2. The Kier molecular flexibility index (Phi) is 3.13. The van der Waals surface area contributed by atoms with Crippen molar-refractivity contribution in [2.45, 2.75) is 51.0 Å². The second kappa shape index (κ2) is 4.36. The van der Waals surface area contributed by atoms with Crippen LogP contribution in [-0.4, -0.2) is 6.04 Å². The molecule has 0 aliphatic heterocycles. The fraction of sp³-hybridized carbons (Fsp3) is 0.846. The summed E-state index contributed by atoms with van der Waals surface area (Å²) in [5.41, 5.74) is 6.08. The van der Waals surface area contributed by atoms with Gasteiger partial charge < -0.3 is 5.73 Å². The third-order valence-electron chi connectivity index (χ3n) is 4.15. The van der Waals surface area contributed by atoms with Crippen molar-refractivity contribution < 1.29 is 0 Å². The van der Waals surface area contributed by atoms with Crippen LogP contribution in [0.1, 0.15) is 44.9 Å². The zero-order valence-electron chi connectivity index (χ0n) is 8.91. The summed E-state index contributed by atoms with van der Waals surface area (Å²) in [4.78, 5) is 0. The van der Waals surface area contributed by atoms with Gasteiger partial charge in [-0.1, -0.05) is 6.42 Å². The standard InChI is InChI=1S/C13H21N/c1-2-3-4-13(14)9-12-8-10-5-6-11(12)7-10/h1,10-13H,3-9,14H2. The van der Waals surface area contributed by atoms with Gasteiger partial charge in [-0.15, -0.1) is 12.3 Å². The van der Waals surface area contributed by atoms with E-state index >= 15 is 0 Å². The molecule has 2 saturated carbocycles. The molecule has 0 aromatic rings. The molecule has 1 heteroatoms. The van der Waals surface area contributed by atoms with Crippen LogP contribution in [0, 0.1) is 30.1 Å². The fourth-order valence-corrected chi connectivity index (χ4v) is 3.44. The maximum atomic E-state index is 6.08. The molecule has 2 aliphatic rings. The minimum Gasteiger partial charge on any atom is -0.328 e. The molecular weight excluding hydrogens is 170 g/mol. The molecule has 2 bridgehead atoms. The van der Waals surface area contributed by atoms with Crippen LogP contribution in [0.25, 0.3) is 0 Å². The van der Waals surface area contributed by atoms with Crippen LogP contribution in [0.15, 0.2) is 0 Å². The summed E-state index contributed by atoms with van der Waals surface area (Å²) >= 11 is 0. The molecule has 0 aromatic carbocycles. The average Bonchev–Trinajstić information content (AvgIpc) is 2.76. The van der Waals surface area contributed by atoms with E-state index in [4.69, 9.17) is 12.2 Å². The van der Waals surface area contributed by atoms with Gasteiger partial charge in [0.15, 0.2) is 0 Å². The normalized spacial score (nSPS) is 37.0. The zero-order chi connectivity index (χ0) is 9.97. The van der Waals surface area contributed by atoms with E-state index in [0.717, 1.165) is 30.6 Å². The largest absolute Gasteiger partial charge is 0.328 e. The van der Waals surface area contributed by atoms with Crippen LogP contribution in [0.4, 0.5) is 0 Å². The molecule has 78 valence electrons. The maximum Gasteiger partial charge on any atom is 0.0101 e. The van der Waals surface area contributed by atoms with Gasteiger partial charge in [-0.2, -0.15) is 0 Å². The van der Waals surface area contributed by atoms with Crippen molar-refractivity contribution in [3.8, 4) is 12.3 Å². The lowest BCUT2D eigenvalue weighted by Crippen LogP contribution is -2.25. The lowest BCUT2D eigenvalue weighted by Gasteiger charge is -2.24. The van der Waals surface area contributed by atoms with Crippen LogP contribution in [0.5, 0.6) is 0 Å². The second-order valence-corrected chi connectivity index (χ2v) is 5.17. The number of hydrogen-bond acceptors (Lipinski definition) is 1. The van der Waals surface area contributed by atoms with Crippen molar-refractivity contribution in [3.05, 3.63) is 0 Å². The van der Waals surface area contributed by atoms with Crippen molar-refractivity contribution in [1.82, 2.24) is 0 Å². The smallest absolute Gasteiger partial charge is 0.0101 e. The minimum absolute atomic E-state index is 0.357. The van der Waals surface area contributed by atoms with Crippen molar-refractivity contribution in [2.24, 2.45) is 23.5 Å². The van der Waals surface area contributed by atoms with E-state index in [0.29, 0.717) is 6.04 Å². The summed E-state index contributed by atoms with van der Waals surface area (Å²) < 4.78 is 0. The number of terminal acetylenes is 1. The van der Waals surface area contributed by atoms with E-state index in [9.17, 15) is 0 Å². The first-order valence-corrected chi connectivity index (χ1v) is 5.98. The molecular formula is C13H21N. The van der Waals surface area contributed by atoms with Gasteiger partial charge >= 0.3 is 0 Å². The third-order valence-corrected chi connectivity index (χ3v) is 4.15. The van der Waals surface area contributed by atoms with E-state index < -0.39 is 0 Å². The van der Waals surface area contributed by atoms with Gasteiger partial charge in [0.25, 0.3) is 0 Å². The van der Waals surface area contributed by atoms with Gasteiger partial charge in [0, 0.05) is 12.5 Å². The van der Waals surface area contributed by atoms with Crippen LogP contribution >= 0.6 is 0 Å². The molecule has 0 spiro atoms. The maximum absolute atomic E-state index is 6.08. The predicted molar refractivity (Wildman–Crippen MR) is 59.6 cm³/mol. The average molecular weight is 191 g/mol. The van der Waals surface area contributed by atoms with Crippen LogP contribution < -0.4 is 5.73 Å². The van der Waals surface area contributed by atoms with Crippen LogP contribution in [0.3, 0.4) is 0 Å². The molecule has 0 radical (unpaired) electrons. The van der Waals surface area contributed by atoms with Crippen molar-refractivity contribution in [2.75, 3.05) is 0 Å². The first kappa shape index (κ1) is 10.1. The van der Waals surface area contributed by atoms with Gasteiger partial charge in [0.05, 0.1) is 0 Å². The Morgan fingerprint density at radius 2 is 2.21 bits per heavy atom. The van der Waals surface area contributed by atoms with E-state index in [1.54, 1.807) is 0 Å². The van der Waals surface area contributed by atoms with Gasteiger partial charge in [-0.05, 0) is 49.9 Å². The number of nitrogens with two attached hydrogens (primary N) is 1. The highest BCUT2D eigenvalue weighted by molar-refractivity contribution is 4.92. The minimum atomic E-state index is 0.357. The monoisotopic (exact) mass is 191 g/mol. The molecule has 2 N–H and O–H groups in total. The Morgan fingerprint density at radius 1 is 1.36 bits per heavy atom. The lowest BCUT2D eigenvalue weighted by molar-refractivity contribution is 0.291. The summed E-state index contributed by atoms with van der Waals surface area (Å²) in [7, 11) is 0. The molecule has 1 nitrogen and oxygen atoms in total. The van der Waals surface area contributed by atoms with Crippen molar-refractivity contribution in [1.29, 1.82) is 0 Å². The highest BCUT2D eigenvalue weighted by Gasteiger charge is 2.39. The fourth-order valence-electron chi connectivity index (χ4n) is 3.44. The Morgan fingerprint density at radius 3 is 2.79 bits per heavy atom. The number of rotatable bonds is 4. The molecule has 0 aromatic heterocycles. The van der Waals surface area contributed by atoms with Crippen LogP contribution in [0.2, 0.25) is 0 Å². The summed E-state index contributed by atoms with van der Waals surface area (Å²) in [6.45, 7) is 0. The number of hydrogen-bond donors (Lipinski definition) is 1. The highest BCUT2D eigenvalue weighted by Crippen LogP contribution is 2.49. The van der Waals surface area contributed by atoms with E-state index in [2.05, 4.69) is 5.92 Å². The van der Waals surface area contributed by atoms with Crippen molar-refractivity contribution in [3.63, 3.8) is 0 Å². The lowest BCUT2D eigenvalue weighted by atomic mass is 9.83. The topological polar surface area (TPSA) is 26.0 Å². The molecule has 4 atom stereocenters. The van der Waals surface area contributed by atoms with E-state index in [1.165, 1.54) is 32.1 Å². The summed E-state index contributed by atoms with van der Waals surface area (Å²) in [5, 5.41) is 0. The van der Waals surface area contributed by atoms with E-state index in [-0.39, 0.29) is 0 Å². The van der Waals surface area contributed by atoms with Crippen molar-refractivity contribution >= 4 is 0 Å². The molecule has 2 aliphatic carbocycles. The SMILES string of the molecule is C#CCCC(N)CC1CC2CCC1C2. The first-order chi connectivity index (χ1) is 6.79. The Labute approximate surface area is 87.4 Å². The van der Waals surface area contributed by atoms with E-state index in [1.807, 2.05) is 0 Å². The Bertz CT molecular complexity index is 228. The van der Waals surface area contributed by atoms with Crippen LogP contribution in [-0.2, 0) is 0 Å². The third kappa shape index (κ3) is 2.12. The summed E-state index contributed by atoms with van der Waals surface area (Å²) in [6.07, 6.45) is 14.2. The first-order valence-electron chi connectivity index (χ1n) is 5.98. The quantitative estimate of drug-likeness (QED) is 0.679. The Balaban J connectivity index is 1.73. The second-order valence-electron chi connectivity index (χ2n) is 5.17. The van der Waals surface area contributed by atoms with Gasteiger partial charge in [-0.25, -0.2) is 0 Å². The molecule has 2 rings (SSSR count). The molecule has 2 fully saturated rings. The Hall–Kier alpha value is -0.480. The summed E-state index contributed by atoms with van der Waals surface area (Å²) in [5.74, 6) is 5.67.